The lowest BCUT2D eigenvalue weighted by Gasteiger charge is -2.07. The number of hydrogen-bond acceptors (Lipinski definition) is 3. The second-order valence-electron chi connectivity index (χ2n) is 5.36. The Balaban J connectivity index is 2.00. The molecule has 1 aromatic heterocycles. The third kappa shape index (κ3) is 4.92. The van der Waals surface area contributed by atoms with Gasteiger partial charge in [0, 0.05) is 24.8 Å². The molecule has 2 N–H and O–H groups in total. The fraction of sp³-hybridized carbons (Fsp3) is 0.278. The monoisotopic (exact) mass is 311 g/mol. The summed E-state index contributed by atoms with van der Waals surface area (Å²) in [5.74, 6) is -0.487. The lowest BCUT2D eigenvalue weighted by atomic mass is 10.1. The molecule has 0 bridgehead atoms. The maximum atomic E-state index is 12.2. The van der Waals surface area contributed by atoms with Gasteiger partial charge in [0.2, 0.25) is 0 Å². The molecule has 5 heteroatoms. The number of nitrogens with zero attached hydrogens (tertiary/aromatic N) is 1. The van der Waals surface area contributed by atoms with Crippen molar-refractivity contribution in [1.82, 2.24) is 15.6 Å². The van der Waals surface area contributed by atoms with E-state index in [2.05, 4.69) is 15.6 Å². The molecule has 0 saturated carbocycles. The van der Waals surface area contributed by atoms with E-state index in [0.29, 0.717) is 18.7 Å². The Morgan fingerprint density at radius 2 is 1.91 bits per heavy atom. The molecule has 1 heterocycles. The fourth-order valence-corrected chi connectivity index (χ4v) is 2.13. The topological polar surface area (TPSA) is 71.1 Å². The number of rotatable bonds is 6. The van der Waals surface area contributed by atoms with Crippen LogP contribution in [0.1, 0.15) is 45.3 Å². The minimum absolute atomic E-state index is 0.224. The molecule has 0 aliphatic heterocycles. The second kappa shape index (κ2) is 8.08. The van der Waals surface area contributed by atoms with Gasteiger partial charge in [-0.2, -0.15) is 0 Å². The maximum Gasteiger partial charge on any atom is 0.269 e. The Bertz CT molecular complexity index is 698. The van der Waals surface area contributed by atoms with Crippen LogP contribution in [-0.2, 0) is 6.54 Å². The highest BCUT2D eigenvalue weighted by Crippen LogP contribution is 2.06. The van der Waals surface area contributed by atoms with Gasteiger partial charge in [-0.25, -0.2) is 0 Å². The Hall–Kier alpha value is -2.69. The van der Waals surface area contributed by atoms with Crippen LogP contribution in [0.3, 0.4) is 0 Å². The van der Waals surface area contributed by atoms with E-state index < -0.39 is 0 Å². The Morgan fingerprint density at radius 3 is 2.65 bits per heavy atom. The molecular weight excluding hydrogens is 290 g/mol. The Morgan fingerprint density at radius 1 is 1.09 bits per heavy atom. The van der Waals surface area contributed by atoms with Crippen molar-refractivity contribution in [1.29, 1.82) is 0 Å². The van der Waals surface area contributed by atoms with E-state index in [4.69, 9.17) is 0 Å². The number of pyridine rings is 1. The first-order valence-corrected chi connectivity index (χ1v) is 7.68. The molecule has 0 aliphatic rings. The number of benzene rings is 1. The molecule has 0 spiro atoms. The van der Waals surface area contributed by atoms with Gasteiger partial charge in [0.1, 0.15) is 5.69 Å². The van der Waals surface area contributed by atoms with Gasteiger partial charge in [0.15, 0.2) is 0 Å². The zero-order valence-electron chi connectivity index (χ0n) is 13.4. The highest BCUT2D eigenvalue weighted by molar-refractivity contribution is 5.98. The van der Waals surface area contributed by atoms with Crippen molar-refractivity contribution in [3.63, 3.8) is 0 Å². The highest BCUT2D eigenvalue weighted by Gasteiger charge is 2.11. The van der Waals surface area contributed by atoms with E-state index in [1.807, 2.05) is 38.1 Å². The molecule has 2 amide bonds. The first kappa shape index (κ1) is 16.7. The molecule has 0 fully saturated rings. The lowest BCUT2D eigenvalue weighted by molar-refractivity contribution is 0.0948. The van der Waals surface area contributed by atoms with Crippen molar-refractivity contribution in [3.8, 4) is 0 Å². The molecule has 1 aromatic carbocycles. The van der Waals surface area contributed by atoms with Crippen LogP contribution in [0.4, 0.5) is 0 Å². The molecule has 0 unspecified atom stereocenters. The fourth-order valence-electron chi connectivity index (χ4n) is 2.13. The standard InChI is InChI=1S/C18H21N3O2/c1-3-8-20-18(23)16-11-15(7-9-19-16)17(22)21-12-14-6-4-5-13(2)10-14/h4-7,9-11H,3,8,12H2,1-2H3,(H,20,23)(H,21,22). The molecular formula is C18H21N3O2. The molecule has 0 radical (unpaired) electrons. The van der Waals surface area contributed by atoms with Gasteiger partial charge in [0.05, 0.1) is 0 Å². The van der Waals surface area contributed by atoms with Crippen molar-refractivity contribution in [3.05, 3.63) is 65.0 Å². The summed E-state index contributed by atoms with van der Waals surface area (Å²) >= 11 is 0. The number of amides is 2. The summed E-state index contributed by atoms with van der Waals surface area (Å²) < 4.78 is 0. The van der Waals surface area contributed by atoms with Crippen LogP contribution < -0.4 is 10.6 Å². The van der Waals surface area contributed by atoms with Gasteiger partial charge in [-0.3, -0.25) is 14.6 Å². The summed E-state index contributed by atoms with van der Waals surface area (Å²) in [6.07, 6.45) is 2.32. The summed E-state index contributed by atoms with van der Waals surface area (Å²) in [6, 6.07) is 11.1. The quantitative estimate of drug-likeness (QED) is 0.861. The van der Waals surface area contributed by atoms with Crippen molar-refractivity contribution in [2.75, 3.05) is 6.54 Å². The predicted molar refractivity (Wildman–Crippen MR) is 89.2 cm³/mol. The van der Waals surface area contributed by atoms with E-state index in [-0.39, 0.29) is 17.5 Å². The predicted octanol–water partition coefficient (Wildman–Crippen LogP) is 2.46. The third-order valence-corrected chi connectivity index (χ3v) is 3.33. The van der Waals surface area contributed by atoms with E-state index in [0.717, 1.165) is 17.5 Å². The summed E-state index contributed by atoms with van der Waals surface area (Å²) in [4.78, 5) is 28.1. The van der Waals surface area contributed by atoms with Crippen LogP contribution in [0.15, 0.2) is 42.6 Å². The van der Waals surface area contributed by atoms with Crippen LogP contribution in [0.25, 0.3) is 0 Å². The SMILES string of the molecule is CCCNC(=O)c1cc(C(=O)NCc2cccc(C)c2)ccn1. The lowest BCUT2D eigenvalue weighted by Crippen LogP contribution is -2.26. The molecule has 120 valence electrons. The Kier molecular flexibility index (Phi) is 5.86. The average molecular weight is 311 g/mol. The smallest absolute Gasteiger partial charge is 0.269 e. The largest absolute Gasteiger partial charge is 0.351 e. The zero-order valence-corrected chi connectivity index (χ0v) is 13.4. The first-order chi connectivity index (χ1) is 11.1. The van der Waals surface area contributed by atoms with Crippen LogP contribution in [0.2, 0.25) is 0 Å². The molecule has 2 aromatic rings. The minimum atomic E-state index is -0.264. The Labute approximate surface area is 136 Å². The molecule has 0 aliphatic carbocycles. The van der Waals surface area contributed by atoms with E-state index in [1.54, 1.807) is 6.07 Å². The molecule has 0 atom stereocenters. The summed E-state index contributed by atoms with van der Waals surface area (Å²) in [6.45, 7) is 5.02. The molecule has 2 rings (SSSR count). The van der Waals surface area contributed by atoms with Crippen molar-refractivity contribution in [2.24, 2.45) is 0 Å². The maximum absolute atomic E-state index is 12.2. The normalized spacial score (nSPS) is 10.2. The van der Waals surface area contributed by atoms with E-state index >= 15 is 0 Å². The van der Waals surface area contributed by atoms with Gasteiger partial charge in [-0.05, 0) is 31.0 Å². The number of aromatic nitrogens is 1. The number of carbonyl (C=O) groups excluding carboxylic acids is 2. The van der Waals surface area contributed by atoms with E-state index in [1.165, 1.54) is 12.3 Å². The van der Waals surface area contributed by atoms with Crippen molar-refractivity contribution < 1.29 is 9.59 Å². The average Bonchev–Trinajstić information content (AvgIpc) is 2.57. The minimum Gasteiger partial charge on any atom is -0.351 e. The van der Waals surface area contributed by atoms with Crippen molar-refractivity contribution >= 4 is 11.8 Å². The third-order valence-electron chi connectivity index (χ3n) is 3.33. The van der Waals surface area contributed by atoms with Gasteiger partial charge < -0.3 is 10.6 Å². The number of carbonyl (C=O) groups is 2. The molecule has 5 nitrogen and oxygen atoms in total. The molecule has 23 heavy (non-hydrogen) atoms. The van der Waals surface area contributed by atoms with Gasteiger partial charge >= 0.3 is 0 Å². The number of hydrogen-bond donors (Lipinski definition) is 2. The highest BCUT2D eigenvalue weighted by atomic mass is 16.2. The zero-order chi connectivity index (χ0) is 16.7. The van der Waals surface area contributed by atoms with Crippen LogP contribution in [-0.4, -0.2) is 23.3 Å². The van der Waals surface area contributed by atoms with Gasteiger partial charge in [-0.15, -0.1) is 0 Å². The van der Waals surface area contributed by atoms with Crippen LogP contribution >= 0.6 is 0 Å². The van der Waals surface area contributed by atoms with E-state index in [9.17, 15) is 9.59 Å². The summed E-state index contributed by atoms with van der Waals surface area (Å²) in [5.41, 5.74) is 2.86. The number of nitrogens with one attached hydrogen (secondary N) is 2. The number of aryl methyl sites for hydroxylation is 1. The summed E-state index contributed by atoms with van der Waals surface area (Å²) in [7, 11) is 0. The van der Waals surface area contributed by atoms with Crippen LogP contribution in [0, 0.1) is 6.92 Å². The first-order valence-electron chi connectivity index (χ1n) is 7.68. The van der Waals surface area contributed by atoms with Gasteiger partial charge in [0.25, 0.3) is 11.8 Å². The second-order valence-corrected chi connectivity index (χ2v) is 5.36. The van der Waals surface area contributed by atoms with Crippen molar-refractivity contribution in [2.45, 2.75) is 26.8 Å². The summed E-state index contributed by atoms with van der Waals surface area (Å²) in [5, 5.41) is 5.60. The van der Waals surface area contributed by atoms with Crippen LogP contribution in [0.5, 0.6) is 0 Å². The molecule has 0 saturated heterocycles. The van der Waals surface area contributed by atoms with Gasteiger partial charge in [-0.1, -0.05) is 36.8 Å².